The van der Waals surface area contributed by atoms with E-state index in [9.17, 15) is 14.0 Å². The number of anilines is 1. The Morgan fingerprint density at radius 2 is 2.39 bits per heavy atom. The fourth-order valence-corrected chi connectivity index (χ4v) is 1.80. The van der Waals surface area contributed by atoms with E-state index in [1.165, 1.54) is 17.4 Å². The molecule has 0 aromatic carbocycles. The number of rotatable bonds is 3. The number of nitrogens with zero attached hydrogens (tertiary/aromatic N) is 1. The number of carbonyl (C=O) groups is 1. The molecule has 0 aliphatic heterocycles. The van der Waals surface area contributed by atoms with Gasteiger partial charge in [-0.15, -0.1) is 11.3 Å². The van der Waals surface area contributed by atoms with Gasteiger partial charge in [0.05, 0.1) is 6.20 Å². The Hall–Kier alpha value is -2.28. The van der Waals surface area contributed by atoms with Gasteiger partial charge in [-0.1, -0.05) is 6.07 Å². The summed E-state index contributed by atoms with van der Waals surface area (Å²) in [5.41, 5.74) is -0.728. The first-order valence-corrected chi connectivity index (χ1v) is 5.80. The third-order valence-corrected chi connectivity index (χ3v) is 2.79. The van der Waals surface area contributed by atoms with Crippen LogP contribution in [0.1, 0.15) is 4.88 Å². The molecule has 2 aromatic rings. The monoisotopic (exact) mass is 265 g/mol. The molecule has 0 aliphatic rings. The van der Waals surface area contributed by atoms with Gasteiger partial charge >= 0.3 is 5.69 Å². The van der Waals surface area contributed by atoms with Crippen LogP contribution in [0.5, 0.6) is 0 Å². The molecule has 7 heteroatoms. The lowest BCUT2D eigenvalue weighted by Crippen LogP contribution is -2.18. The largest absolute Gasteiger partial charge is 0.346 e. The summed E-state index contributed by atoms with van der Waals surface area (Å²) < 4.78 is 13.2. The Balaban J connectivity index is 2.07. The van der Waals surface area contributed by atoms with Gasteiger partial charge in [0.25, 0.3) is 0 Å². The molecule has 0 aliphatic carbocycles. The Bertz CT molecular complexity index is 634. The van der Waals surface area contributed by atoms with Crippen LogP contribution in [0.4, 0.5) is 10.2 Å². The summed E-state index contributed by atoms with van der Waals surface area (Å²) in [7, 11) is 0. The summed E-state index contributed by atoms with van der Waals surface area (Å²) in [5.74, 6) is -1.63. The molecule has 1 amide bonds. The molecule has 2 aromatic heterocycles. The van der Waals surface area contributed by atoms with E-state index in [1.54, 1.807) is 6.08 Å². The predicted octanol–water partition coefficient (Wildman–Crippen LogP) is 1.62. The number of aromatic nitrogens is 2. The first-order valence-electron chi connectivity index (χ1n) is 4.92. The minimum atomic E-state index is -0.799. The maximum atomic E-state index is 13.2. The number of aromatic amines is 1. The average Bonchev–Trinajstić information content (AvgIpc) is 2.84. The van der Waals surface area contributed by atoms with Crippen molar-refractivity contribution < 1.29 is 9.18 Å². The van der Waals surface area contributed by atoms with Crippen LogP contribution in [-0.4, -0.2) is 15.9 Å². The molecule has 2 N–H and O–H groups in total. The molecule has 0 bridgehead atoms. The molecule has 0 spiro atoms. The highest BCUT2D eigenvalue weighted by Gasteiger charge is 2.05. The van der Waals surface area contributed by atoms with Crippen molar-refractivity contribution in [2.75, 3.05) is 5.32 Å². The Labute approximate surface area is 105 Å². The Morgan fingerprint density at radius 1 is 1.56 bits per heavy atom. The molecular formula is C11H8FN3O2S. The lowest BCUT2D eigenvalue weighted by Gasteiger charge is -2.01. The SMILES string of the molecule is O=C(C=Cc1cccs1)Nc1[nH]c(=O)ncc1F. The third-order valence-electron chi connectivity index (χ3n) is 1.96. The van der Waals surface area contributed by atoms with Crippen LogP contribution in [0, 0.1) is 5.82 Å². The molecule has 92 valence electrons. The number of H-pyrrole nitrogens is 1. The van der Waals surface area contributed by atoms with Crippen LogP contribution in [0.25, 0.3) is 6.08 Å². The number of hydrogen-bond donors (Lipinski definition) is 2. The van der Waals surface area contributed by atoms with Crippen LogP contribution in [0.15, 0.2) is 34.6 Å². The van der Waals surface area contributed by atoms with Crippen molar-refractivity contribution in [1.82, 2.24) is 9.97 Å². The number of hydrogen-bond acceptors (Lipinski definition) is 4. The number of amides is 1. The molecule has 5 nitrogen and oxygen atoms in total. The maximum absolute atomic E-state index is 13.2. The van der Waals surface area contributed by atoms with E-state index in [4.69, 9.17) is 0 Å². The van der Waals surface area contributed by atoms with Gasteiger partial charge in [-0.2, -0.15) is 4.98 Å². The molecule has 0 atom stereocenters. The second-order valence-electron chi connectivity index (χ2n) is 3.25. The van der Waals surface area contributed by atoms with E-state index in [1.807, 2.05) is 17.5 Å². The summed E-state index contributed by atoms with van der Waals surface area (Å²) >= 11 is 1.47. The molecule has 2 rings (SSSR count). The second kappa shape index (κ2) is 5.37. The van der Waals surface area contributed by atoms with Gasteiger partial charge in [0.1, 0.15) is 0 Å². The lowest BCUT2D eigenvalue weighted by molar-refractivity contribution is -0.111. The quantitative estimate of drug-likeness (QED) is 0.828. The first kappa shape index (κ1) is 12.2. The number of halogens is 1. The highest BCUT2D eigenvalue weighted by atomic mass is 32.1. The fraction of sp³-hybridized carbons (Fsp3) is 0. The van der Waals surface area contributed by atoms with Crippen molar-refractivity contribution in [2.24, 2.45) is 0 Å². The van der Waals surface area contributed by atoms with E-state index in [0.717, 1.165) is 11.1 Å². The lowest BCUT2D eigenvalue weighted by atomic mass is 10.4. The van der Waals surface area contributed by atoms with Crippen LogP contribution in [-0.2, 0) is 4.79 Å². The average molecular weight is 265 g/mol. The molecule has 0 radical (unpaired) electrons. The van der Waals surface area contributed by atoms with Crippen molar-refractivity contribution in [2.45, 2.75) is 0 Å². The van der Waals surface area contributed by atoms with Gasteiger partial charge < -0.3 is 5.32 Å². The van der Waals surface area contributed by atoms with Crippen LogP contribution >= 0.6 is 11.3 Å². The highest BCUT2D eigenvalue weighted by Crippen LogP contribution is 2.10. The second-order valence-corrected chi connectivity index (χ2v) is 4.23. The van der Waals surface area contributed by atoms with Crippen molar-refractivity contribution >= 4 is 29.1 Å². The van der Waals surface area contributed by atoms with Crippen molar-refractivity contribution in [3.05, 3.63) is 51.0 Å². The smallest absolute Gasteiger partial charge is 0.306 e. The molecule has 0 fully saturated rings. The normalized spacial score (nSPS) is 10.7. The van der Waals surface area contributed by atoms with Crippen LogP contribution in [0.3, 0.4) is 0 Å². The van der Waals surface area contributed by atoms with Crippen LogP contribution in [0.2, 0.25) is 0 Å². The summed E-state index contributed by atoms with van der Waals surface area (Å²) in [6.45, 7) is 0. The van der Waals surface area contributed by atoms with Crippen molar-refractivity contribution in [1.29, 1.82) is 0 Å². The molecule has 0 saturated carbocycles. The van der Waals surface area contributed by atoms with Crippen molar-refractivity contribution in [3.63, 3.8) is 0 Å². The van der Waals surface area contributed by atoms with Gasteiger partial charge in [0.15, 0.2) is 11.6 Å². The zero-order valence-corrected chi connectivity index (χ0v) is 9.83. The van der Waals surface area contributed by atoms with Gasteiger partial charge in [0, 0.05) is 11.0 Å². The molecule has 0 unspecified atom stereocenters. The minimum absolute atomic E-state index is 0.296. The highest BCUT2D eigenvalue weighted by molar-refractivity contribution is 7.10. The summed E-state index contributed by atoms with van der Waals surface area (Å²) in [4.78, 5) is 28.5. The third kappa shape index (κ3) is 3.11. The standard InChI is InChI=1S/C11H8FN3O2S/c12-8-6-13-11(17)15-10(8)14-9(16)4-3-7-2-1-5-18-7/h1-6H,(H2,13,14,15,16,17). The molecule has 18 heavy (non-hydrogen) atoms. The molecule has 0 saturated heterocycles. The maximum Gasteiger partial charge on any atom is 0.346 e. The van der Waals surface area contributed by atoms with E-state index in [2.05, 4.69) is 15.3 Å². The predicted molar refractivity (Wildman–Crippen MR) is 66.8 cm³/mol. The van der Waals surface area contributed by atoms with Gasteiger partial charge in [-0.05, 0) is 17.5 Å². The molecular weight excluding hydrogens is 257 g/mol. The first-order chi connectivity index (χ1) is 8.65. The van der Waals surface area contributed by atoms with Gasteiger partial charge in [0.2, 0.25) is 5.91 Å². The Morgan fingerprint density at radius 3 is 3.11 bits per heavy atom. The molecule has 2 heterocycles. The van der Waals surface area contributed by atoms with Gasteiger partial charge in [-0.3, -0.25) is 9.78 Å². The summed E-state index contributed by atoms with van der Waals surface area (Å²) in [6.07, 6.45) is 3.60. The zero-order valence-electron chi connectivity index (χ0n) is 9.01. The summed E-state index contributed by atoms with van der Waals surface area (Å²) in [6, 6.07) is 3.69. The zero-order chi connectivity index (χ0) is 13.0. The fourth-order valence-electron chi connectivity index (χ4n) is 1.18. The topological polar surface area (TPSA) is 74.8 Å². The van der Waals surface area contributed by atoms with E-state index in [0.29, 0.717) is 0 Å². The number of carbonyl (C=O) groups excluding carboxylic acids is 1. The summed E-state index contributed by atoms with van der Waals surface area (Å²) in [5, 5.41) is 4.09. The number of nitrogens with one attached hydrogen (secondary N) is 2. The number of thiophene rings is 1. The van der Waals surface area contributed by atoms with E-state index < -0.39 is 17.4 Å². The van der Waals surface area contributed by atoms with E-state index in [-0.39, 0.29) is 5.82 Å². The van der Waals surface area contributed by atoms with Gasteiger partial charge in [-0.25, -0.2) is 9.18 Å². The van der Waals surface area contributed by atoms with E-state index >= 15 is 0 Å². The van der Waals surface area contributed by atoms with Crippen LogP contribution < -0.4 is 11.0 Å². The Kier molecular flexibility index (Phi) is 3.63. The minimum Gasteiger partial charge on any atom is -0.306 e. The van der Waals surface area contributed by atoms with Crippen molar-refractivity contribution in [3.8, 4) is 0 Å².